The van der Waals surface area contributed by atoms with Gasteiger partial charge in [0.05, 0.1) is 11.6 Å². The Morgan fingerprint density at radius 1 is 1.37 bits per heavy atom. The summed E-state index contributed by atoms with van der Waals surface area (Å²) in [5, 5.41) is 2.86. The molecule has 1 saturated carbocycles. The molecule has 0 radical (unpaired) electrons. The summed E-state index contributed by atoms with van der Waals surface area (Å²) < 4.78 is 5.55. The number of hydrogen-bond donors (Lipinski definition) is 2. The summed E-state index contributed by atoms with van der Waals surface area (Å²) in [6.07, 6.45) is 2.23. The fourth-order valence-corrected chi connectivity index (χ4v) is 2.02. The van der Waals surface area contributed by atoms with Crippen LogP contribution in [0.4, 0.5) is 5.69 Å². The van der Waals surface area contributed by atoms with Crippen molar-refractivity contribution in [1.29, 1.82) is 0 Å². The third-order valence-corrected chi connectivity index (χ3v) is 3.40. The lowest BCUT2D eigenvalue weighted by Crippen LogP contribution is -2.50. The summed E-state index contributed by atoms with van der Waals surface area (Å²) >= 11 is 0. The molecule has 1 unspecified atom stereocenters. The van der Waals surface area contributed by atoms with Crippen LogP contribution in [-0.2, 0) is 4.79 Å². The highest BCUT2D eigenvalue weighted by atomic mass is 16.5. The lowest BCUT2D eigenvalue weighted by molar-refractivity contribution is -0.121. The van der Waals surface area contributed by atoms with Gasteiger partial charge in [0.1, 0.15) is 5.75 Å². The molecule has 3 N–H and O–H groups in total. The Balaban J connectivity index is 1.97. The summed E-state index contributed by atoms with van der Waals surface area (Å²) in [6, 6.07) is 7.36. The number of benzene rings is 1. The summed E-state index contributed by atoms with van der Waals surface area (Å²) in [5.41, 5.74) is 6.05. The van der Waals surface area contributed by atoms with E-state index in [1.807, 2.05) is 38.1 Å². The molecular weight excluding hydrogens is 240 g/mol. The molecule has 1 atom stereocenters. The van der Waals surface area contributed by atoms with Crippen molar-refractivity contribution in [3.8, 4) is 5.75 Å². The average Bonchev–Trinajstić information content (AvgIpc) is 3.15. The highest BCUT2D eigenvalue weighted by Gasteiger charge is 2.44. The van der Waals surface area contributed by atoms with E-state index in [9.17, 15) is 4.79 Å². The van der Waals surface area contributed by atoms with Gasteiger partial charge in [0.15, 0.2) is 0 Å². The van der Waals surface area contributed by atoms with Crippen LogP contribution in [0.1, 0.15) is 33.6 Å². The number of carbonyl (C=O) groups excluding carboxylic acids is 1. The molecule has 0 aliphatic heterocycles. The molecule has 0 heterocycles. The van der Waals surface area contributed by atoms with Crippen LogP contribution in [0.2, 0.25) is 0 Å². The fraction of sp³-hybridized carbons (Fsp3) is 0.533. The first-order valence-corrected chi connectivity index (χ1v) is 6.76. The highest BCUT2D eigenvalue weighted by Crippen LogP contribution is 2.38. The van der Waals surface area contributed by atoms with Crippen molar-refractivity contribution in [2.75, 3.05) is 5.32 Å². The van der Waals surface area contributed by atoms with Gasteiger partial charge in [0.25, 0.3) is 0 Å². The van der Waals surface area contributed by atoms with Crippen LogP contribution < -0.4 is 15.8 Å². The van der Waals surface area contributed by atoms with E-state index < -0.39 is 5.54 Å². The Kier molecular flexibility index (Phi) is 3.80. The van der Waals surface area contributed by atoms with E-state index in [-0.39, 0.29) is 12.0 Å². The number of hydrogen-bond acceptors (Lipinski definition) is 3. The van der Waals surface area contributed by atoms with Crippen molar-refractivity contribution in [3.05, 3.63) is 24.3 Å². The molecule has 0 spiro atoms. The van der Waals surface area contributed by atoms with Crippen LogP contribution in [0.5, 0.6) is 5.75 Å². The van der Waals surface area contributed by atoms with Crippen molar-refractivity contribution >= 4 is 11.6 Å². The first-order chi connectivity index (χ1) is 8.89. The third kappa shape index (κ3) is 3.47. The van der Waals surface area contributed by atoms with Crippen LogP contribution in [0.3, 0.4) is 0 Å². The number of nitrogens with one attached hydrogen (secondary N) is 1. The number of carbonyl (C=O) groups is 1. The van der Waals surface area contributed by atoms with Crippen LogP contribution in [0, 0.1) is 5.92 Å². The Labute approximate surface area is 114 Å². The standard InChI is InChI=1S/C15H22N2O2/c1-10(2)19-13-8-6-12(7-9-13)17-14(18)15(3,16)11-4-5-11/h6-11H,4-5,16H2,1-3H3,(H,17,18). The number of rotatable bonds is 5. The van der Waals surface area contributed by atoms with Crippen LogP contribution >= 0.6 is 0 Å². The van der Waals surface area contributed by atoms with Gasteiger partial charge in [-0.2, -0.15) is 0 Å². The van der Waals surface area contributed by atoms with Crippen molar-refractivity contribution in [1.82, 2.24) is 0 Å². The van der Waals surface area contributed by atoms with Crippen molar-refractivity contribution in [2.45, 2.75) is 45.3 Å². The van der Waals surface area contributed by atoms with Gasteiger partial charge >= 0.3 is 0 Å². The molecule has 4 nitrogen and oxygen atoms in total. The van der Waals surface area contributed by atoms with Crippen molar-refractivity contribution in [3.63, 3.8) is 0 Å². The molecule has 104 valence electrons. The molecule has 4 heteroatoms. The molecule has 1 aliphatic carbocycles. The van der Waals surface area contributed by atoms with Gasteiger partial charge in [-0.3, -0.25) is 4.79 Å². The van der Waals surface area contributed by atoms with Crippen molar-refractivity contribution < 1.29 is 9.53 Å². The van der Waals surface area contributed by atoms with E-state index in [1.165, 1.54) is 0 Å². The maximum Gasteiger partial charge on any atom is 0.244 e. The quantitative estimate of drug-likeness (QED) is 0.857. The van der Waals surface area contributed by atoms with Gasteiger partial charge in [-0.05, 0) is 63.8 Å². The molecule has 2 rings (SSSR count). The minimum atomic E-state index is -0.771. The SMILES string of the molecule is CC(C)Oc1ccc(NC(=O)C(C)(N)C2CC2)cc1. The Hall–Kier alpha value is -1.55. The number of ether oxygens (including phenoxy) is 1. The molecule has 1 aromatic carbocycles. The first-order valence-electron chi connectivity index (χ1n) is 6.76. The van der Waals surface area contributed by atoms with E-state index in [4.69, 9.17) is 10.5 Å². The maximum atomic E-state index is 12.1. The van der Waals surface area contributed by atoms with Gasteiger partial charge in [-0.15, -0.1) is 0 Å². The van der Waals surface area contributed by atoms with Crippen LogP contribution in [0.15, 0.2) is 24.3 Å². The van der Waals surface area contributed by atoms with E-state index in [0.29, 0.717) is 5.92 Å². The van der Waals surface area contributed by atoms with Gasteiger partial charge < -0.3 is 15.8 Å². The van der Waals surface area contributed by atoms with Gasteiger partial charge in [-0.25, -0.2) is 0 Å². The van der Waals surface area contributed by atoms with E-state index in [1.54, 1.807) is 6.92 Å². The predicted molar refractivity (Wildman–Crippen MR) is 76.2 cm³/mol. The van der Waals surface area contributed by atoms with Crippen LogP contribution in [-0.4, -0.2) is 17.6 Å². The molecule has 19 heavy (non-hydrogen) atoms. The molecular formula is C15H22N2O2. The van der Waals surface area contributed by atoms with Crippen LogP contribution in [0.25, 0.3) is 0 Å². The topological polar surface area (TPSA) is 64.3 Å². The zero-order valence-corrected chi connectivity index (χ0v) is 11.8. The van der Waals surface area contributed by atoms with Gasteiger partial charge in [0.2, 0.25) is 5.91 Å². The Morgan fingerprint density at radius 3 is 2.42 bits per heavy atom. The highest BCUT2D eigenvalue weighted by molar-refractivity contribution is 5.98. The molecule has 1 fully saturated rings. The Morgan fingerprint density at radius 2 is 1.95 bits per heavy atom. The number of nitrogens with two attached hydrogens (primary N) is 1. The normalized spacial score (nSPS) is 17.9. The second kappa shape index (κ2) is 5.21. The molecule has 1 aromatic rings. The third-order valence-electron chi connectivity index (χ3n) is 3.40. The summed E-state index contributed by atoms with van der Waals surface area (Å²) in [5.74, 6) is 0.995. The average molecular weight is 262 g/mol. The maximum absolute atomic E-state index is 12.1. The van der Waals surface area contributed by atoms with Gasteiger partial charge in [-0.1, -0.05) is 0 Å². The first kappa shape index (κ1) is 13.9. The lowest BCUT2D eigenvalue weighted by atomic mass is 9.96. The molecule has 0 saturated heterocycles. The molecule has 0 aromatic heterocycles. The van der Waals surface area contributed by atoms with Crippen molar-refractivity contribution in [2.24, 2.45) is 11.7 Å². The molecule has 1 aliphatic rings. The summed E-state index contributed by atoms with van der Waals surface area (Å²) in [4.78, 5) is 12.1. The molecule has 0 bridgehead atoms. The second-order valence-corrected chi connectivity index (χ2v) is 5.70. The van der Waals surface area contributed by atoms with E-state index in [0.717, 1.165) is 24.3 Å². The number of anilines is 1. The summed E-state index contributed by atoms with van der Waals surface area (Å²) in [6.45, 7) is 5.76. The smallest absolute Gasteiger partial charge is 0.244 e. The van der Waals surface area contributed by atoms with E-state index >= 15 is 0 Å². The largest absolute Gasteiger partial charge is 0.491 e. The van der Waals surface area contributed by atoms with Gasteiger partial charge in [0, 0.05) is 5.69 Å². The predicted octanol–water partition coefficient (Wildman–Crippen LogP) is 2.54. The second-order valence-electron chi connectivity index (χ2n) is 5.70. The Bertz CT molecular complexity index is 448. The van der Waals surface area contributed by atoms with E-state index in [2.05, 4.69) is 5.32 Å². The zero-order chi connectivity index (χ0) is 14.0. The lowest BCUT2D eigenvalue weighted by Gasteiger charge is -2.23. The minimum Gasteiger partial charge on any atom is -0.491 e. The monoisotopic (exact) mass is 262 g/mol. The minimum absolute atomic E-state index is 0.118. The fourth-order valence-electron chi connectivity index (χ4n) is 2.02. The zero-order valence-electron chi connectivity index (χ0n) is 11.8. The molecule has 1 amide bonds. The number of amides is 1. The summed E-state index contributed by atoms with van der Waals surface area (Å²) in [7, 11) is 0.